The monoisotopic (exact) mass is 496 g/mol. The smallest absolute Gasteiger partial charge is 0.415 e. The fourth-order valence-electron chi connectivity index (χ4n) is 4.58. The summed E-state index contributed by atoms with van der Waals surface area (Å²) in [6, 6.07) is 9.37. The van der Waals surface area contributed by atoms with Gasteiger partial charge in [0.2, 0.25) is 0 Å². The van der Waals surface area contributed by atoms with Crippen LogP contribution in [0.15, 0.2) is 41.2 Å². The Balaban J connectivity index is 1.22. The molecule has 0 radical (unpaired) electrons. The van der Waals surface area contributed by atoms with Crippen LogP contribution in [-0.4, -0.2) is 65.5 Å². The molecule has 2 aliphatic heterocycles. The van der Waals surface area contributed by atoms with Gasteiger partial charge in [-0.3, -0.25) is 14.5 Å². The van der Waals surface area contributed by atoms with Crippen LogP contribution in [0.1, 0.15) is 11.3 Å². The van der Waals surface area contributed by atoms with Crippen molar-refractivity contribution in [1.82, 2.24) is 14.9 Å². The minimum Gasteiger partial charge on any atom is -0.484 e. The Morgan fingerprint density at radius 1 is 1.14 bits per heavy atom. The molecule has 188 valence electrons. The summed E-state index contributed by atoms with van der Waals surface area (Å²) in [5, 5.41) is 13.3. The average molecular weight is 496 g/mol. The third kappa shape index (κ3) is 4.67. The van der Waals surface area contributed by atoms with Gasteiger partial charge in [0, 0.05) is 24.7 Å². The van der Waals surface area contributed by atoms with Crippen LogP contribution in [0.4, 0.5) is 15.0 Å². The molecule has 0 saturated carbocycles. The quantitative estimate of drug-likeness (QED) is 0.446. The molecule has 5 rings (SSSR count). The molecule has 36 heavy (non-hydrogen) atoms. The van der Waals surface area contributed by atoms with Gasteiger partial charge in [-0.15, -0.1) is 0 Å². The van der Waals surface area contributed by atoms with E-state index >= 15 is 0 Å². The van der Waals surface area contributed by atoms with Crippen molar-refractivity contribution in [3.8, 4) is 5.75 Å². The van der Waals surface area contributed by atoms with Crippen molar-refractivity contribution >= 4 is 28.6 Å². The molecule has 11 heteroatoms. The van der Waals surface area contributed by atoms with Crippen molar-refractivity contribution in [2.45, 2.75) is 25.5 Å². The number of nitrogens with one attached hydrogen (secondary N) is 1. The number of halogens is 1. The SMILES string of the molecule is O=C1COc2ccc(N3C[C@H](CNCCc4c(F)ccc5ccc(=O)n(CCO)c45)OC3=O)nc2C1. The number of carbonyl (C=O) groups excluding carboxylic acids is 2. The van der Waals surface area contributed by atoms with Gasteiger partial charge in [-0.2, -0.15) is 0 Å². The molecular formula is C25H25FN4O6. The summed E-state index contributed by atoms with van der Waals surface area (Å²) in [6.45, 7) is 0.846. The van der Waals surface area contributed by atoms with E-state index in [0.29, 0.717) is 53.2 Å². The Hall–Kier alpha value is -3.83. The summed E-state index contributed by atoms with van der Waals surface area (Å²) in [4.78, 5) is 42.2. The Labute approximate surface area is 205 Å². The second kappa shape index (κ2) is 10.0. The van der Waals surface area contributed by atoms with Gasteiger partial charge in [-0.1, -0.05) is 0 Å². The van der Waals surface area contributed by atoms with Crippen LogP contribution < -0.4 is 20.5 Å². The maximum Gasteiger partial charge on any atom is 0.415 e. The standard InChI is InChI=1S/C25H25FN4O6/c26-19-3-1-15-2-6-23(33)29(9-10-31)24(15)18(19)7-8-27-12-17-13-30(25(34)36-17)22-5-4-21-20(28-22)11-16(32)14-35-21/h1-6,17,27,31H,7-14H2/t17-/m0/s1. The maximum atomic E-state index is 14.7. The zero-order chi connectivity index (χ0) is 25.2. The van der Waals surface area contributed by atoms with Crippen molar-refractivity contribution in [3.05, 3.63) is 63.8 Å². The number of ketones is 1. The zero-order valence-corrected chi connectivity index (χ0v) is 19.4. The van der Waals surface area contributed by atoms with Crippen LogP contribution >= 0.6 is 0 Å². The number of benzene rings is 1. The van der Waals surface area contributed by atoms with Gasteiger partial charge in [0.25, 0.3) is 5.56 Å². The lowest BCUT2D eigenvalue weighted by Gasteiger charge is -2.18. The van der Waals surface area contributed by atoms with Crippen LogP contribution in [0.3, 0.4) is 0 Å². The van der Waals surface area contributed by atoms with Gasteiger partial charge in [-0.05, 0) is 48.7 Å². The van der Waals surface area contributed by atoms with Crippen LogP contribution in [0.25, 0.3) is 10.9 Å². The first-order valence-electron chi connectivity index (χ1n) is 11.7. The number of amides is 1. The second-order valence-corrected chi connectivity index (χ2v) is 8.70. The van der Waals surface area contributed by atoms with Crippen LogP contribution in [0, 0.1) is 5.82 Å². The van der Waals surface area contributed by atoms with E-state index in [9.17, 15) is 23.9 Å². The first-order chi connectivity index (χ1) is 17.4. The summed E-state index contributed by atoms with van der Waals surface area (Å²) in [7, 11) is 0. The molecule has 0 bridgehead atoms. The first-order valence-corrected chi connectivity index (χ1v) is 11.7. The molecule has 1 saturated heterocycles. The Kier molecular flexibility index (Phi) is 6.66. The van der Waals surface area contributed by atoms with Gasteiger partial charge < -0.3 is 24.5 Å². The predicted octanol–water partition coefficient (Wildman–Crippen LogP) is 1.19. The summed E-state index contributed by atoms with van der Waals surface area (Å²) < 4.78 is 26.9. The Bertz CT molecular complexity index is 1390. The predicted molar refractivity (Wildman–Crippen MR) is 128 cm³/mol. The van der Waals surface area contributed by atoms with E-state index in [2.05, 4.69) is 10.3 Å². The molecule has 0 aliphatic carbocycles. The maximum absolute atomic E-state index is 14.7. The molecule has 1 atom stereocenters. The number of rotatable bonds is 8. The van der Waals surface area contributed by atoms with Gasteiger partial charge in [0.05, 0.1) is 30.8 Å². The summed E-state index contributed by atoms with van der Waals surface area (Å²) >= 11 is 0. The summed E-state index contributed by atoms with van der Waals surface area (Å²) in [5.41, 5.74) is 1.04. The lowest BCUT2D eigenvalue weighted by Crippen LogP contribution is -2.32. The van der Waals surface area contributed by atoms with Crippen LogP contribution in [0.2, 0.25) is 0 Å². The number of aliphatic hydroxyl groups is 1. The number of fused-ring (bicyclic) bond motifs is 2. The molecule has 2 aromatic heterocycles. The highest BCUT2D eigenvalue weighted by Gasteiger charge is 2.33. The van der Waals surface area contributed by atoms with Crippen molar-refractivity contribution in [2.24, 2.45) is 0 Å². The summed E-state index contributed by atoms with van der Waals surface area (Å²) in [6.07, 6.45) is -0.528. The van der Waals surface area contributed by atoms with Crippen molar-refractivity contribution in [3.63, 3.8) is 0 Å². The highest BCUT2D eigenvalue weighted by atomic mass is 19.1. The fraction of sp³-hybridized carbons (Fsp3) is 0.360. The number of cyclic esters (lactones) is 1. The minimum absolute atomic E-state index is 0.0235. The Morgan fingerprint density at radius 2 is 1.97 bits per heavy atom. The number of nitrogens with zero attached hydrogens (tertiary/aromatic N) is 3. The van der Waals surface area contributed by atoms with Crippen LogP contribution in [-0.2, 0) is 28.9 Å². The van der Waals surface area contributed by atoms with E-state index in [1.54, 1.807) is 24.3 Å². The number of anilines is 1. The lowest BCUT2D eigenvalue weighted by atomic mass is 10.1. The molecule has 1 amide bonds. The number of carbonyl (C=O) groups is 2. The first kappa shape index (κ1) is 23.9. The number of ether oxygens (including phenoxy) is 2. The van der Waals surface area contributed by atoms with E-state index in [4.69, 9.17) is 9.47 Å². The molecular weight excluding hydrogens is 471 g/mol. The molecule has 10 nitrogen and oxygen atoms in total. The molecule has 2 N–H and O–H groups in total. The number of aliphatic hydroxyl groups excluding tert-OH is 1. The highest BCUT2D eigenvalue weighted by Crippen LogP contribution is 2.27. The third-order valence-electron chi connectivity index (χ3n) is 6.27. The fourth-order valence-corrected chi connectivity index (χ4v) is 4.58. The van der Waals surface area contributed by atoms with Crippen molar-refractivity contribution in [2.75, 3.05) is 37.7 Å². The molecule has 2 aliphatic rings. The van der Waals surface area contributed by atoms with Gasteiger partial charge in [0.15, 0.2) is 5.78 Å². The van der Waals surface area contributed by atoms with Crippen molar-refractivity contribution < 1.29 is 28.6 Å². The number of Topliss-reactive ketones (excluding diaryl/α,β-unsaturated/α-hetero) is 1. The van der Waals surface area contributed by atoms with Gasteiger partial charge >= 0.3 is 6.09 Å². The topological polar surface area (TPSA) is 123 Å². The number of hydrogen-bond donors (Lipinski definition) is 2. The molecule has 1 aromatic carbocycles. The zero-order valence-electron chi connectivity index (χ0n) is 19.4. The van der Waals surface area contributed by atoms with Gasteiger partial charge in [0.1, 0.15) is 30.1 Å². The number of aromatic nitrogens is 2. The Morgan fingerprint density at radius 3 is 2.81 bits per heavy atom. The average Bonchev–Trinajstić information content (AvgIpc) is 3.24. The van der Waals surface area contributed by atoms with E-state index in [1.807, 2.05) is 0 Å². The van der Waals surface area contributed by atoms with Crippen LogP contribution in [0.5, 0.6) is 5.75 Å². The van der Waals surface area contributed by atoms with E-state index in [0.717, 1.165) is 0 Å². The normalized spacial score (nSPS) is 17.3. The van der Waals surface area contributed by atoms with E-state index in [1.165, 1.54) is 21.6 Å². The molecule has 0 spiro atoms. The highest BCUT2D eigenvalue weighted by molar-refractivity contribution is 5.89. The molecule has 1 fully saturated rings. The largest absolute Gasteiger partial charge is 0.484 e. The molecule has 0 unspecified atom stereocenters. The van der Waals surface area contributed by atoms with Gasteiger partial charge in [-0.25, -0.2) is 14.2 Å². The molecule has 4 heterocycles. The van der Waals surface area contributed by atoms with E-state index in [-0.39, 0.29) is 44.1 Å². The number of pyridine rings is 2. The second-order valence-electron chi connectivity index (χ2n) is 8.70. The minimum atomic E-state index is -0.537. The van der Waals surface area contributed by atoms with Crippen molar-refractivity contribution in [1.29, 1.82) is 0 Å². The van der Waals surface area contributed by atoms with E-state index < -0.39 is 18.0 Å². The summed E-state index contributed by atoms with van der Waals surface area (Å²) in [5.74, 6) is 0.420. The molecule has 3 aromatic rings. The third-order valence-corrected chi connectivity index (χ3v) is 6.27. The number of hydrogen-bond acceptors (Lipinski definition) is 8. The lowest BCUT2D eigenvalue weighted by molar-refractivity contribution is -0.121.